The minimum Gasteiger partial charge on any atom is -0.458 e. The van der Waals surface area contributed by atoms with Crippen LogP contribution in [0.15, 0.2) is 28.7 Å². The van der Waals surface area contributed by atoms with Gasteiger partial charge in [-0.1, -0.05) is 0 Å². The molecule has 1 aromatic heterocycles. The third kappa shape index (κ3) is 1.91. The predicted molar refractivity (Wildman–Crippen MR) is 64.7 cm³/mol. The largest absolute Gasteiger partial charge is 0.458 e. The Kier molecular flexibility index (Phi) is 2.84. The molecule has 1 aromatic carbocycles. The Bertz CT molecular complexity index is 563. The maximum Gasteiger partial charge on any atom is 0.134 e. The fraction of sp³-hybridized carbons (Fsp3) is 0.429. The van der Waals surface area contributed by atoms with Crippen LogP contribution >= 0.6 is 0 Å². The summed E-state index contributed by atoms with van der Waals surface area (Å²) < 4.78 is 24.1. The van der Waals surface area contributed by atoms with E-state index in [1.165, 1.54) is 12.1 Å². The first-order valence-corrected chi connectivity index (χ1v) is 6.14. The Balaban J connectivity index is 1.93. The number of ether oxygens (including phenoxy) is 1. The van der Waals surface area contributed by atoms with E-state index >= 15 is 0 Å². The van der Waals surface area contributed by atoms with E-state index in [1.807, 2.05) is 6.92 Å². The van der Waals surface area contributed by atoms with Crippen molar-refractivity contribution in [2.45, 2.75) is 25.6 Å². The van der Waals surface area contributed by atoms with Crippen LogP contribution in [0.2, 0.25) is 0 Å². The van der Waals surface area contributed by atoms with Crippen LogP contribution < -0.4 is 0 Å². The van der Waals surface area contributed by atoms with Crippen LogP contribution in [0.3, 0.4) is 0 Å². The van der Waals surface area contributed by atoms with Gasteiger partial charge in [0.25, 0.3) is 0 Å². The highest BCUT2D eigenvalue weighted by molar-refractivity contribution is 5.77. The van der Waals surface area contributed by atoms with Gasteiger partial charge in [0.05, 0.1) is 6.10 Å². The standard InChI is InChI=1S/C14H15FO3/c1-8-11(4-5-17-8)14(16)13-7-9-6-10(15)2-3-12(9)18-13/h2-3,6-8,11,14,16H,4-5H2,1H3. The second-order valence-corrected chi connectivity index (χ2v) is 4.80. The van der Waals surface area contributed by atoms with Gasteiger partial charge in [-0.25, -0.2) is 4.39 Å². The number of aliphatic hydroxyl groups is 1. The van der Waals surface area contributed by atoms with Gasteiger partial charge in [-0.3, -0.25) is 0 Å². The first kappa shape index (κ1) is 11.7. The first-order valence-electron chi connectivity index (χ1n) is 6.14. The molecule has 3 rings (SSSR count). The molecule has 3 atom stereocenters. The van der Waals surface area contributed by atoms with Crippen LogP contribution in [0.4, 0.5) is 4.39 Å². The number of aliphatic hydroxyl groups excluding tert-OH is 1. The summed E-state index contributed by atoms with van der Waals surface area (Å²) in [7, 11) is 0. The Morgan fingerprint density at radius 3 is 2.94 bits per heavy atom. The molecule has 2 aromatic rings. The molecule has 1 aliphatic rings. The summed E-state index contributed by atoms with van der Waals surface area (Å²) in [4.78, 5) is 0. The van der Waals surface area contributed by atoms with Gasteiger partial charge in [0, 0.05) is 17.9 Å². The Labute approximate surface area is 104 Å². The molecule has 18 heavy (non-hydrogen) atoms. The number of halogens is 1. The van der Waals surface area contributed by atoms with Crippen LogP contribution in [-0.2, 0) is 4.74 Å². The highest BCUT2D eigenvalue weighted by Crippen LogP contribution is 2.35. The number of rotatable bonds is 2. The monoisotopic (exact) mass is 250 g/mol. The quantitative estimate of drug-likeness (QED) is 0.890. The minimum absolute atomic E-state index is 0.0185. The fourth-order valence-electron chi connectivity index (χ4n) is 2.55. The molecule has 0 amide bonds. The molecule has 0 spiro atoms. The van der Waals surface area contributed by atoms with Crippen molar-refractivity contribution in [3.63, 3.8) is 0 Å². The van der Waals surface area contributed by atoms with Gasteiger partial charge in [-0.05, 0) is 37.6 Å². The predicted octanol–water partition coefficient (Wildman–Crippen LogP) is 3.03. The second-order valence-electron chi connectivity index (χ2n) is 4.80. The molecule has 3 unspecified atom stereocenters. The van der Waals surface area contributed by atoms with E-state index in [0.717, 1.165) is 6.42 Å². The molecule has 1 N–H and O–H groups in total. The van der Waals surface area contributed by atoms with E-state index in [0.29, 0.717) is 23.3 Å². The zero-order valence-corrected chi connectivity index (χ0v) is 10.1. The summed E-state index contributed by atoms with van der Waals surface area (Å²) in [6.07, 6.45) is 0.135. The van der Waals surface area contributed by atoms with Gasteiger partial charge in [-0.15, -0.1) is 0 Å². The summed E-state index contributed by atoms with van der Waals surface area (Å²) in [5.74, 6) is 0.218. The van der Waals surface area contributed by atoms with E-state index < -0.39 is 6.10 Å². The third-order valence-electron chi connectivity index (χ3n) is 3.63. The molecule has 1 aliphatic heterocycles. The average molecular weight is 250 g/mol. The SMILES string of the molecule is CC1OCCC1C(O)c1cc2cc(F)ccc2o1. The van der Waals surface area contributed by atoms with Crippen LogP contribution in [0.5, 0.6) is 0 Å². The van der Waals surface area contributed by atoms with Gasteiger partial charge >= 0.3 is 0 Å². The molecule has 1 saturated heterocycles. The van der Waals surface area contributed by atoms with Gasteiger partial charge < -0.3 is 14.3 Å². The zero-order chi connectivity index (χ0) is 12.7. The molecule has 1 fully saturated rings. The van der Waals surface area contributed by atoms with Gasteiger partial charge in [0.1, 0.15) is 23.3 Å². The highest BCUT2D eigenvalue weighted by Gasteiger charge is 2.33. The van der Waals surface area contributed by atoms with Crippen molar-refractivity contribution in [3.8, 4) is 0 Å². The van der Waals surface area contributed by atoms with Crippen LogP contribution in [0.1, 0.15) is 25.2 Å². The summed E-state index contributed by atoms with van der Waals surface area (Å²) in [6.45, 7) is 2.61. The summed E-state index contributed by atoms with van der Waals surface area (Å²) >= 11 is 0. The lowest BCUT2D eigenvalue weighted by Gasteiger charge is -2.18. The number of fused-ring (bicyclic) bond motifs is 1. The maximum absolute atomic E-state index is 13.1. The fourth-order valence-corrected chi connectivity index (χ4v) is 2.55. The Hall–Kier alpha value is -1.39. The lowest BCUT2D eigenvalue weighted by Crippen LogP contribution is -2.19. The van der Waals surface area contributed by atoms with Gasteiger partial charge in [0.2, 0.25) is 0 Å². The lowest BCUT2D eigenvalue weighted by atomic mass is 9.94. The van der Waals surface area contributed by atoms with E-state index in [4.69, 9.17) is 9.15 Å². The summed E-state index contributed by atoms with van der Waals surface area (Å²) in [5.41, 5.74) is 0.594. The van der Waals surface area contributed by atoms with Crippen LogP contribution in [-0.4, -0.2) is 17.8 Å². The molecule has 0 aliphatic carbocycles. The summed E-state index contributed by atoms with van der Waals surface area (Å²) in [5, 5.41) is 11.0. The molecular weight excluding hydrogens is 235 g/mol. The molecular formula is C14H15FO3. The van der Waals surface area contributed by atoms with Gasteiger partial charge in [0.15, 0.2) is 0 Å². The normalized spacial score (nSPS) is 25.7. The van der Waals surface area contributed by atoms with Crippen molar-refractivity contribution in [2.75, 3.05) is 6.61 Å². The number of hydrogen-bond donors (Lipinski definition) is 1. The molecule has 96 valence electrons. The summed E-state index contributed by atoms with van der Waals surface area (Å²) in [6, 6.07) is 6.04. The van der Waals surface area contributed by atoms with Crippen molar-refractivity contribution in [1.29, 1.82) is 0 Å². The molecule has 4 heteroatoms. The Morgan fingerprint density at radius 2 is 2.22 bits per heavy atom. The van der Waals surface area contributed by atoms with Crippen molar-refractivity contribution in [2.24, 2.45) is 5.92 Å². The molecule has 3 nitrogen and oxygen atoms in total. The van der Waals surface area contributed by atoms with Crippen LogP contribution in [0, 0.1) is 11.7 Å². The molecule has 2 heterocycles. The molecule has 0 radical (unpaired) electrons. The van der Waals surface area contributed by atoms with Crippen molar-refractivity contribution >= 4 is 11.0 Å². The topological polar surface area (TPSA) is 42.6 Å². The van der Waals surface area contributed by atoms with Gasteiger partial charge in [-0.2, -0.15) is 0 Å². The lowest BCUT2D eigenvalue weighted by molar-refractivity contribution is 0.0329. The highest BCUT2D eigenvalue weighted by atomic mass is 19.1. The van der Waals surface area contributed by atoms with E-state index in [1.54, 1.807) is 12.1 Å². The van der Waals surface area contributed by atoms with E-state index in [2.05, 4.69) is 0 Å². The maximum atomic E-state index is 13.1. The van der Waals surface area contributed by atoms with Crippen LogP contribution in [0.25, 0.3) is 11.0 Å². The first-order chi connectivity index (χ1) is 8.65. The number of hydrogen-bond acceptors (Lipinski definition) is 3. The smallest absolute Gasteiger partial charge is 0.134 e. The molecule has 0 saturated carbocycles. The number of furan rings is 1. The second kappa shape index (κ2) is 4.37. The minimum atomic E-state index is -0.696. The van der Waals surface area contributed by atoms with Crippen molar-refractivity contribution in [3.05, 3.63) is 35.8 Å². The average Bonchev–Trinajstić information content (AvgIpc) is 2.93. The van der Waals surface area contributed by atoms with Crippen molar-refractivity contribution < 1.29 is 18.7 Å². The number of benzene rings is 1. The van der Waals surface area contributed by atoms with Crippen molar-refractivity contribution in [1.82, 2.24) is 0 Å². The zero-order valence-electron chi connectivity index (χ0n) is 10.1. The third-order valence-corrected chi connectivity index (χ3v) is 3.63. The van der Waals surface area contributed by atoms with E-state index in [9.17, 15) is 9.50 Å². The van der Waals surface area contributed by atoms with E-state index in [-0.39, 0.29) is 17.8 Å². The molecule has 0 bridgehead atoms. The Morgan fingerprint density at radius 1 is 1.39 bits per heavy atom.